The van der Waals surface area contributed by atoms with Gasteiger partial charge in [0, 0.05) is 13.1 Å². The summed E-state index contributed by atoms with van der Waals surface area (Å²) in [6.45, 7) is 1.24. The van der Waals surface area contributed by atoms with Gasteiger partial charge in [0.1, 0.15) is 24.4 Å². The Balaban J connectivity index is 2.95. The Kier molecular flexibility index (Phi) is 8.67. The van der Waals surface area contributed by atoms with E-state index in [-0.39, 0.29) is 4.31 Å². The lowest BCUT2D eigenvalue weighted by atomic mass is 10.1. The first-order valence-corrected chi connectivity index (χ1v) is 10.1. The van der Waals surface area contributed by atoms with Crippen molar-refractivity contribution >= 4 is 63.1 Å². The average Bonchev–Trinajstić information content (AvgIpc) is 2.59. The molecule has 16 heteroatoms. The first-order chi connectivity index (χ1) is 13.0. The highest BCUT2D eigenvalue weighted by atomic mass is 35.5. The van der Waals surface area contributed by atoms with Gasteiger partial charge in [-0.05, 0) is 5.41 Å². The van der Waals surface area contributed by atoms with Crippen LogP contribution in [0.4, 0.5) is 0 Å². The van der Waals surface area contributed by atoms with Crippen LogP contribution in [0.3, 0.4) is 0 Å². The van der Waals surface area contributed by atoms with Crippen LogP contribution in [0, 0.1) is 0 Å². The van der Waals surface area contributed by atoms with Gasteiger partial charge in [-0.2, -0.15) is 12.7 Å². The number of carbonyl (C=O) groups is 4. The van der Waals surface area contributed by atoms with Crippen LogP contribution in [0.2, 0.25) is 0 Å². The molecule has 28 heavy (non-hydrogen) atoms. The van der Waals surface area contributed by atoms with Crippen molar-refractivity contribution in [3.63, 3.8) is 0 Å². The number of hydrogen-bond donors (Lipinski definition) is 4. The molecule has 1 rings (SSSR count). The summed E-state index contributed by atoms with van der Waals surface area (Å²) >= 11 is 6.03. The summed E-state index contributed by atoms with van der Waals surface area (Å²) in [5.41, 5.74) is 0. The molecule has 1 aliphatic rings. The quantitative estimate of drug-likeness (QED) is 0.0846. The Morgan fingerprint density at radius 1 is 1.43 bits per heavy atom. The Bertz CT molecular complexity index is 815. The highest BCUT2D eigenvalue weighted by molar-refractivity contribution is 8.03. The van der Waals surface area contributed by atoms with Gasteiger partial charge in [0.2, 0.25) is 17.6 Å². The van der Waals surface area contributed by atoms with E-state index in [1.165, 1.54) is 18.5 Å². The Morgan fingerprint density at radius 2 is 2.07 bits per heavy atom. The van der Waals surface area contributed by atoms with E-state index < -0.39 is 57.1 Å². The van der Waals surface area contributed by atoms with Crippen molar-refractivity contribution in [3.8, 4) is 0 Å². The minimum absolute atomic E-state index is 0.144. The lowest BCUT2D eigenvalue weighted by Gasteiger charge is -2.42. The molecule has 1 heterocycles. The maximum Gasteiger partial charge on any atom is 0.363 e. The molecule has 0 aromatic rings. The Morgan fingerprint density at radius 3 is 2.57 bits per heavy atom. The van der Waals surface area contributed by atoms with Gasteiger partial charge in [0.15, 0.2) is 0 Å². The largest absolute Gasteiger partial charge is 0.397 e. The van der Waals surface area contributed by atoms with Crippen LogP contribution < -0.4 is 16.0 Å². The zero-order valence-corrected chi connectivity index (χ0v) is 16.8. The Labute approximate surface area is 168 Å². The molecule has 1 aliphatic heterocycles. The molecule has 4 N–H and O–H groups in total. The molecule has 0 radical (unpaired) electrons. The lowest BCUT2D eigenvalue weighted by Crippen LogP contribution is -2.71. The maximum atomic E-state index is 12.2. The van der Waals surface area contributed by atoms with Gasteiger partial charge < -0.3 is 20.8 Å². The summed E-state index contributed by atoms with van der Waals surface area (Å²) in [5.74, 6) is -4.47. The van der Waals surface area contributed by atoms with Crippen molar-refractivity contribution in [2.75, 3.05) is 13.0 Å². The van der Waals surface area contributed by atoms with Gasteiger partial charge in [-0.3, -0.25) is 23.7 Å². The molecule has 1 saturated heterocycles. The molecule has 156 valence electrons. The van der Waals surface area contributed by atoms with Gasteiger partial charge in [0.25, 0.3) is 11.8 Å². The van der Waals surface area contributed by atoms with E-state index in [0.29, 0.717) is 11.8 Å². The summed E-state index contributed by atoms with van der Waals surface area (Å²) < 4.78 is 32.0. The fourth-order valence-corrected chi connectivity index (χ4v) is 3.94. The van der Waals surface area contributed by atoms with E-state index >= 15 is 0 Å². The highest BCUT2D eigenvalue weighted by Gasteiger charge is 2.54. The predicted molar refractivity (Wildman–Crippen MR) is 98.0 cm³/mol. The molecular formula is C12H16ClN5O8S2. The molecule has 0 saturated carbocycles. The zero-order chi connectivity index (χ0) is 21.5. The first-order valence-electron chi connectivity index (χ1n) is 7.19. The van der Waals surface area contributed by atoms with Crippen LogP contribution in [0.15, 0.2) is 16.8 Å². The molecule has 0 bridgehead atoms. The van der Waals surface area contributed by atoms with E-state index in [1.54, 1.807) is 0 Å². The predicted octanol–water partition coefficient (Wildman–Crippen LogP) is -1.90. The third kappa shape index (κ3) is 6.36. The van der Waals surface area contributed by atoms with E-state index in [1.807, 2.05) is 5.32 Å². The number of hydrogen-bond acceptors (Lipinski definition) is 9. The third-order valence-corrected chi connectivity index (χ3v) is 5.22. The molecule has 4 amide bonds. The van der Waals surface area contributed by atoms with Crippen LogP contribution in [-0.2, 0) is 34.3 Å². The van der Waals surface area contributed by atoms with E-state index in [4.69, 9.17) is 16.2 Å². The number of alkyl halides is 1. The molecule has 13 nitrogen and oxygen atoms in total. The fourth-order valence-electron chi connectivity index (χ4n) is 1.81. The summed E-state index contributed by atoms with van der Waals surface area (Å²) in [6, 6.07) is -1.39. The van der Waals surface area contributed by atoms with Crippen LogP contribution in [-0.4, -0.2) is 71.1 Å². The maximum absolute atomic E-state index is 12.2. The number of thioether (sulfide) groups is 1. The van der Waals surface area contributed by atoms with Gasteiger partial charge in [-0.15, -0.1) is 23.4 Å². The van der Waals surface area contributed by atoms with Crippen molar-refractivity contribution in [2.45, 2.75) is 18.3 Å². The van der Waals surface area contributed by atoms with Gasteiger partial charge in [0.05, 0.1) is 0 Å². The number of amides is 4. The highest BCUT2D eigenvalue weighted by Crippen LogP contribution is 2.32. The molecule has 0 spiro atoms. The fraction of sp³-hybridized carbons (Fsp3) is 0.417. The summed E-state index contributed by atoms with van der Waals surface area (Å²) in [6.07, 6.45) is 1.18. The second kappa shape index (κ2) is 10.3. The van der Waals surface area contributed by atoms with Crippen molar-refractivity contribution in [1.82, 2.24) is 20.3 Å². The second-order valence-corrected chi connectivity index (χ2v) is 7.48. The van der Waals surface area contributed by atoms with Crippen molar-refractivity contribution < 1.29 is 37.0 Å². The van der Waals surface area contributed by atoms with Crippen molar-refractivity contribution in [3.05, 3.63) is 11.6 Å². The molecule has 0 aliphatic carbocycles. The van der Waals surface area contributed by atoms with Gasteiger partial charge >= 0.3 is 10.3 Å². The minimum Gasteiger partial charge on any atom is -0.397 e. The normalized spacial score (nSPS) is 19.8. The number of halogens is 1. The molecular weight excluding hydrogens is 442 g/mol. The molecule has 0 aromatic carbocycles. The number of amidine groups is 1. The molecule has 0 aromatic heterocycles. The third-order valence-electron chi connectivity index (χ3n) is 2.88. The number of β-lactam (4-membered cyclic amide) rings is 1. The number of nitrogens with one attached hydrogen (secondary N) is 3. The summed E-state index contributed by atoms with van der Waals surface area (Å²) in [4.78, 5) is 50.8. The smallest absolute Gasteiger partial charge is 0.363 e. The monoisotopic (exact) mass is 457 g/mol. The standard InChI is InChI=1S/C12H16ClN5O8S2/c1-6(19)14-3-4-27-12-8(11(22)18(12)28(23,24)25)16-10(21)9(17-26-2)15-7(20)5-13/h3-4,8,12H,5H2,1-2H3,(H,14,19)(H,16,21)(H,15,17,20)(H,23,24,25)/t8-,12-/m1/s1. The van der Waals surface area contributed by atoms with E-state index in [2.05, 4.69) is 20.6 Å². The summed E-state index contributed by atoms with van der Waals surface area (Å²) in [5, 5.41) is 9.77. The molecule has 2 atom stereocenters. The van der Waals surface area contributed by atoms with Crippen LogP contribution in [0.1, 0.15) is 6.92 Å². The number of rotatable bonds is 7. The number of oxime groups is 1. The van der Waals surface area contributed by atoms with Crippen molar-refractivity contribution in [2.24, 2.45) is 5.16 Å². The Hall–Kier alpha value is -2.36. The van der Waals surface area contributed by atoms with Crippen LogP contribution in [0.5, 0.6) is 0 Å². The number of carbonyl (C=O) groups excluding carboxylic acids is 4. The van der Waals surface area contributed by atoms with Gasteiger partial charge in [-0.1, -0.05) is 5.16 Å². The average molecular weight is 458 g/mol. The zero-order valence-electron chi connectivity index (χ0n) is 14.4. The molecule has 1 fully saturated rings. The summed E-state index contributed by atoms with van der Waals surface area (Å²) in [7, 11) is -3.79. The SMILES string of the molecule is CON=C(NC(=O)CCl)C(=O)N[C@@H]1C(=O)N(S(=O)(=O)O)[C@@H]1SC=CNC(C)=O. The first kappa shape index (κ1) is 23.7. The lowest BCUT2D eigenvalue weighted by molar-refractivity contribution is -0.141. The second-order valence-electron chi connectivity index (χ2n) is 4.90. The van der Waals surface area contributed by atoms with Crippen molar-refractivity contribution in [1.29, 1.82) is 0 Å². The molecule has 0 unspecified atom stereocenters. The topological polar surface area (TPSA) is 184 Å². The van der Waals surface area contributed by atoms with Gasteiger partial charge in [-0.25, -0.2) is 0 Å². The van der Waals surface area contributed by atoms with Crippen LogP contribution >= 0.6 is 23.4 Å². The number of nitrogens with zero attached hydrogens (tertiary/aromatic N) is 2. The van der Waals surface area contributed by atoms with E-state index in [9.17, 15) is 27.6 Å². The van der Waals surface area contributed by atoms with Crippen LogP contribution in [0.25, 0.3) is 0 Å². The van der Waals surface area contributed by atoms with E-state index in [0.717, 1.165) is 7.11 Å². The minimum atomic E-state index is -4.89.